The second kappa shape index (κ2) is 38.4. The van der Waals surface area contributed by atoms with Crippen molar-refractivity contribution in [2.24, 2.45) is 23.7 Å². The van der Waals surface area contributed by atoms with E-state index in [-0.39, 0.29) is 22.7 Å². The number of fused-ring (bicyclic) bond motifs is 15. The Bertz CT molecular complexity index is 6600. The molecule has 0 saturated heterocycles. The number of Topliss-reactive ketones (excluding diaryl/α,β-unsaturated/α-hetero) is 2. The van der Waals surface area contributed by atoms with Gasteiger partial charge in [-0.25, -0.2) is 0 Å². The third kappa shape index (κ3) is 16.2. The Kier molecular flexibility index (Phi) is 26.4. The van der Waals surface area contributed by atoms with Crippen LogP contribution in [0.15, 0.2) is 229 Å². The summed E-state index contributed by atoms with van der Waals surface area (Å²) in [6, 6.07) is 72.5. The van der Waals surface area contributed by atoms with Crippen molar-refractivity contribution in [3.63, 3.8) is 0 Å². The molecule has 0 bridgehead atoms. The van der Waals surface area contributed by atoms with Crippen molar-refractivity contribution in [3.8, 4) is 66.8 Å². The zero-order chi connectivity index (χ0) is 88.0. The molecule has 127 heavy (non-hydrogen) atoms. The van der Waals surface area contributed by atoms with Crippen molar-refractivity contribution in [1.82, 2.24) is 0 Å². The number of ether oxygens (including phenoxy) is 4. The maximum atomic E-state index is 14.9. The molecule has 5 heterocycles. The third-order valence-corrected chi connectivity index (χ3v) is 33.0. The van der Waals surface area contributed by atoms with Crippen LogP contribution in [0.5, 0.6) is 23.0 Å². The zero-order valence-electron chi connectivity index (χ0n) is 73.5. The molecule has 17 rings (SSSR count). The predicted molar refractivity (Wildman–Crippen MR) is 528 cm³/mol. The highest BCUT2D eigenvalue weighted by atomic mass is 32.1. The van der Waals surface area contributed by atoms with Gasteiger partial charge in [0.1, 0.15) is 58.4 Å². The molecule has 4 atom stereocenters. The molecule has 10 nitrogen and oxygen atoms in total. The van der Waals surface area contributed by atoms with Crippen LogP contribution < -0.4 is 18.9 Å². The number of benzene rings is 8. The second-order valence-corrected chi connectivity index (χ2v) is 39.6. The monoisotopic (exact) mass is 1760 g/mol. The number of hydrogen-bond donors (Lipinski definition) is 0. The molecular formula is C112H104N4O6S5. The van der Waals surface area contributed by atoms with Gasteiger partial charge in [0.15, 0.2) is 11.6 Å². The molecule has 15 heteroatoms. The van der Waals surface area contributed by atoms with E-state index >= 15 is 0 Å². The molecule has 4 aliphatic carbocycles. The standard InChI is InChI=1S/C112H104N4O6S5/c1-9-17-27-69(13-5)65-119-83-47-39-79(40-48-83)111(80-41-49-84(50-42-80)120-66-70(14-6)28-18-10-2)95-59-87(35-25-37-89-97(77(61-113)62-114)91-55-73-31-21-23-33-75(73)57-93(91)102(89)117)123-104(95)106-100(111)108-110(126-106)101-109(127-108)107-99(105-96(125-107)60-88(124-105)36-26-38-90-98(78(63-115)64-116)92-56-74-32-22-24-34-76(74)58-94(92)103(90)118)112(101,81-43-51-85(52-44-81)121-67-71(15-7)29-19-11-3)82-45-53-86(54-46-82)122-68-72(16-8)30-20-12-4/h21-26,31-60,69-72H,9-20,27-30,65-68H2,1-8H3/b35-25+,36-26+,89-37-,90-38-. The Balaban J connectivity index is 0.892. The topological polar surface area (TPSA) is 166 Å². The summed E-state index contributed by atoms with van der Waals surface area (Å²) in [6.07, 6.45) is 29.2. The molecule has 5 aromatic heterocycles. The number of rotatable bonds is 36. The first-order valence-corrected chi connectivity index (χ1v) is 49.6. The fourth-order valence-electron chi connectivity index (χ4n) is 19.5. The highest BCUT2D eigenvalue weighted by Gasteiger charge is 2.56. The predicted octanol–water partition coefficient (Wildman–Crippen LogP) is 31.0. The van der Waals surface area contributed by atoms with E-state index in [2.05, 4.69) is 201 Å². The number of nitriles is 4. The number of thiophene rings is 5. The van der Waals surface area contributed by atoms with E-state index in [4.69, 9.17) is 18.9 Å². The summed E-state index contributed by atoms with van der Waals surface area (Å²) in [5.74, 6) is 4.52. The highest BCUT2D eigenvalue weighted by molar-refractivity contribution is 7.36. The summed E-state index contributed by atoms with van der Waals surface area (Å²) in [4.78, 5) is 36.2. The summed E-state index contributed by atoms with van der Waals surface area (Å²) in [7, 11) is 0. The van der Waals surface area contributed by atoms with Gasteiger partial charge in [-0.05, 0) is 207 Å². The SMILES string of the molecule is CCCCC(CC)COc1ccc(C2(c3ccc(OCC(CC)CCCC)cc3)c3cc(/C=C/C=C4\C(=O)c5cc6ccccc6cc5C4=C(C#N)C#N)sc3-c3sc4c5c(sc4c32)-c2sc3cc(/C=C/C=C4\C(=O)c6cc7ccccc7cc6C4=C(C#N)C#N)sc3c2C5(c2ccc(OCC(CC)CCCC)cc2)c2ccc(OCC(CC)CCCC)cc2)cc1. The molecule has 0 spiro atoms. The van der Waals surface area contributed by atoms with Gasteiger partial charge in [0.05, 0.1) is 70.9 Å². The van der Waals surface area contributed by atoms with Crippen LogP contribution in [0.2, 0.25) is 0 Å². The first kappa shape index (κ1) is 87.3. The van der Waals surface area contributed by atoms with Gasteiger partial charge in [0.25, 0.3) is 0 Å². The molecule has 13 aromatic rings. The first-order chi connectivity index (χ1) is 62.2. The lowest BCUT2D eigenvalue weighted by molar-refractivity contribution is 0.103. The Morgan fingerprint density at radius 2 is 0.685 bits per heavy atom. The Morgan fingerprint density at radius 1 is 0.362 bits per heavy atom. The average molecular weight is 1760 g/mol. The van der Waals surface area contributed by atoms with Crippen LogP contribution in [0.1, 0.15) is 244 Å². The number of carbonyl (C=O) groups excluding carboxylic acids is 2. The maximum Gasteiger partial charge on any atom is 0.194 e. The average Bonchev–Trinajstić information content (AvgIpc) is 1.48. The van der Waals surface area contributed by atoms with Gasteiger partial charge >= 0.3 is 0 Å². The lowest BCUT2D eigenvalue weighted by atomic mass is 9.67. The van der Waals surface area contributed by atoms with Gasteiger partial charge in [0.2, 0.25) is 0 Å². The maximum absolute atomic E-state index is 14.9. The molecule has 0 aliphatic heterocycles. The van der Waals surface area contributed by atoms with Crippen molar-refractivity contribution in [2.75, 3.05) is 26.4 Å². The van der Waals surface area contributed by atoms with Crippen molar-refractivity contribution < 1.29 is 28.5 Å². The van der Waals surface area contributed by atoms with E-state index in [9.17, 15) is 30.6 Å². The Labute approximate surface area is 766 Å². The number of allylic oxidation sites excluding steroid dienone is 10. The number of ketones is 2. The van der Waals surface area contributed by atoms with Crippen molar-refractivity contribution in [2.45, 2.75) is 169 Å². The van der Waals surface area contributed by atoms with Crippen LogP contribution in [0.25, 0.3) is 83.2 Å². The van der Waals surface area contributed by atoms with Gasteiger partial charge in [-0.15, -0.1) is 56.7 Å². The Morgan fingerprint density at radius 3 is 1.04 bits per heavy atom. The van der Waals surface area contributed by atoms with Crippen LogP contribution in [-0.2, 0) is 10.8 Å². The largest absolute Gasteiger partial charge is 0.493 e. The van der Waals surface area contributed by atoms with Crippen LogP contribution in [0.4, 0.5) is 0 Å². The first-order valence-electron chi connectivity index (χ1n) is 45.5. The number of carbonyl (C=O) groups is 2. The zero-order valence-corrected chi connectivity index (χ0v) is 77.6. The summed E-state index contributed by atoms with van der Waals surface area (Å²) in [6.45, 7) is 20.6. The van der Waals surface area contributed by atoms with Gasteiger partial charge in [-0.2, -0.15) is 21.0 Å². The van der Waals surface area contributed by atoms with E-state index < -0.39 is 10.8 Å². The van der Waals surface area contributed by atoms with Gasteiger partial charge < -0.3 is 18.9 Å². The fraction of sp³-hybridized carbons (Fsp3) is 0.304. The minimum Gasteiger partial charge on any atom is -0.493 e. The van der Waals surface area contributed by atoms with Gasteiger partial charge in [-0.1, -0.05) is 254 Å². The van der Waals surface area contributed by atoms with Crippen molar-refractivity contribution >= 4 is 132 Å². The molecule has 4 aliphatic rings. The molecule has 0 saturated carbocycles. The van der Waals surface area contributed by atoms with Crippen LogP contribution in [0.3, 0.4) is 0 Å². The van der Waals surface area contributed by atoms with E-state index in [1.807, 2.05) is 119 Å². The highest BCUT2D eigenvalue weighted by Crippen LogP contribution is 2.72. The summed E-state index contributed by atoms with van der Waals surface area (Å²) < 4.78 is 32.1. The lowest BCUT2D eigenvalue weighted by Gasteiger charge is -2.34. The van der Waals surface area contributed by atoms with Crippen LogP contribution >= 0.6 is 56.7 Å². The molecule has 4 unspecified atom stereocenters. The molecular weight excluding hydrogens is 1660 g/mol. The van der Waals surface area contributed by atoms with E-state index in [0.29, 0.717) is 94.6 Å². The molecule has 0 amide bonds. The van der Waals surface area contributed by atoms with E-state index in [0.717, 1.165) is 199 Å². The molecule has 0 fully saturated rings. The molecule has 638 valence electrons. The molecule has 8 aromatic carbocycles. The fourth-order valence-corrected chi connectivity index (χ4v) is 26.7. The minimum absolute atomic E-state index is 0.109. The number of hydrogen-bond acceptors (Lipinski definition) is 15. The Hall–Kier alpha value is -11.8. The summed E-state index contributed by atoms with van der Waals surface area (Å²) in [5, 5.41) is 45.7. The van der Waals surface area contributed by atoms with Crippen molar-refractivity contribution in [1.29, 1.82) is 21.0 Å². The van der Waals surface area contributed by atoms with Crippen LogP contribution in [0, 0.1) is 69.0 Å². The number of unbranched alkanes of at least 4 members (excludes halogenated alkanes) is 4. The van der Waals surface area contributed by atoms with Gasteiger partial charge in [0, 0.05) is 64.6 Å². The minimum atomic E-state index is -0.948. The van der Waals surface area contributed by atoms with Gasteiger partial charge in [-0.3, -0.25) is 9.59 Å². The smallest absolute Gasteiger partial charge is 0.194 e. The third-order valence-electron chi connectivity index (χ3n) is 26.7. The normalized spacial score (nSPS) is 17.0. The summed E-state index contributed by atoms with van der Waals surface area (Å²) in [5.41, 5.74) is 10.4. The molecule has 0 radical (unpaired) electrons. The number of nitrogens with zero attached hydrogens (tertiary/aromatic N) is 4. The van der Waals surface area contributed by atoms with Crippen molar-refractivity contribution in [3.05, 3.63) is 305 Å². The quantitative estimate of drug-likeness (QED) is 0.0272. The summed E-state index contributed by atoms with van der Waals surface area (Å²) >= 11 is 9.08. The second-order valence-electron chi connectivity index (χ2n) is 34.3. The van der Waals surface area contributed by atoms with E-state index in [1.54, 1.807) is 34.8 Å². The van der Waals surface area contributed by atoms with Crippen LogP contribution in [-0.4, -0.2) is 38.0 Å². The van der Waals surface area contributed by atoms with E-state index in [1.165, 1.54) is 40.7 Å². The molecule has 0 N–H and O–H groups in total. The lowest BCUT2D eigenvalue weighted by Crippen LogP contribution is -2.29.